The molecule has 0 bridgehead atoms. The molecule has 0 unspecified atom stereocenters. The van der Waals surface area contributed by atoms with Crippen LogP contribution in [-0.2, 0) is 0 Å². The molecular weight excluding hydrogens is 161 g/mol. The zero-order valence-corrected chi connectivity index (χ0v) is 7.48. The minimum absolute atomic E-state index is 0.228. The average molecular weight is 164 g/mol. The standard InChI is InChI=1S/C6H3B4NS/c1-12-6-4(9)2(7)3(8)5(10)11-6/h1H3. The summed E-state index contributed by atoms with van der Waals surface area (Å²) in [6, 6.07) is 0. The second-order valence-corrected chi connectivity index (χ2v) is 3.04. The highest BCUT2D eigenvalue weighted by molar-refractivity contribution is 7.98. The molecule has 1 heterocycles. The largest absolute Gasteiger partial charge is 0.259 e. The smallest absolute Gasteiger partial charge is 0.140 e. The molecule has 1 aromatic rings. The summed E-state index contributed by atoms with van der Waals surface area (Å²) in [5.41, 5.74) is 1.19. The highest BCUT2D eigenvalue weighted by atomic mass is 32.2. The first-order valence-electron chi connectivity index (χ1n) is 3.21. The van der Waals surface area contributed by atoms with Crippen molar-refractivity contribution in [1.29, 1.82) is 0 Å². The fourth-order valence-electron chi connectivity index (χ4n) is 0.784. The van der Waals surface area contributed by atoms with Crippen LogP contribution in [0.1, 0.15) is 0 Å². The molecular formula is C6H3B4NS. The molecule has 0 fully saturated rings. The Balaban J connectivity index is 3.39. The average Bonchev–Trinajstić information content (AvgIpc) is 2.08. The quantitative estimate of drug-likeness (QED) is 0.324. The molecule has 0 saturated heterocycles. The predicted octanol–water partition coefficient (Wildman–Crippen LogP) is -3.02. The minimum atomic E-state index is 0.228. The molecule has 0 saturated carbocycles. The van der Waals surface area contributed by atoms with E-state index in [1.807, 2.05) is 6.26 Å². The van der Waals surface area contributed by atoms with Gasteiger partial charge in [0.1, 0.15) is 31.4 Å². The molecule has 0 atom stereocenters. The fourth-order valence-corrected chi connectivity index (χ4v) is 1.30. The van der Waals surface area contributed by atoms with E-state index in [1.165, 1.54) is 11.8 Å². The third kappa shape index (κ3) is 1.58. The molecule has 0 spiro atoms. The monoisotopic (exact) mass is 165 g/mol. The zero-order valence-electron chi connectivity index (χ0n) is 6.66. The van der Waals surface area contributed by atoms with Crippen molar-refractivity contribution in [3.05, 3.63) is 0 Å². The molecule has 0 aromatic carbocycles. The summed E-state index contributed by atoms with van der Waals surface area (Å²) in [6.07, 6.45) is 1.84. The lowest BCUT2D eigenvalue weighted by molar-refractivity contribution is 1.22. The molecule has 0 aliphatic carbocycles. The van der Waals surface area contributed by atoms with Crippen LogP contribution in [0.3, 0.4) is 0 Å². The predicted molar refractivity (Wildman–Crippen MR) is 57.6 cm³/mol. The van der Waals surface area contributed by atoms with E-state index in [-0.39, 0.29) is 11.1 Å². The highest BCUT2D eigenvalue weighted by Crippen LogP contribution is 2.02. The van der Waals surface area contributed by atoms with E-state index in [9.17, 15) is 0 Å². The van der Waals surface area contributed by atoms with Gasteiger partial charge in [-0.2, -0.15) is 0 Å². The van der Waals surface area contributed by atoms with Crippen LogP contribution in [0.5, 0.6) is 0 Å². The summed E-state index contributed by atoms with van der Waals surface area (Å²) in [6.45, 7) is 0. The van der Waals surface area contributed by atoms with Gasteiger partial charge in [-0.1, -0.05) is 10.9 Å². The van der Waals surface area contributed by atoms with Crippen molar-refractivity contribution in [2.24, 2.45) is 0 Å². The lowest BCUT2D eigenvalue weighted by Crippen LogP contribution is -2.49. The molecule has 0 N–H and O–H groups in total. The fraction of sp³-hybridized carbons (Fsp3) is 0.167. The Kier molecular flexibility index (Phi) is 2.99. The van der Waals surface area contributed by atoms with Gasteiger partial charge in [0.25, 0.3) is 0 Å². The Labute approximate surface area is 81.7 Å². The van der Waals surface area contributed by atoms with Crippen LogP contribution in [0, 0.1) is 0 Å². The Morgan fingerprint density at radius 2 is 1.58 bits per heavy atom. The van der Waals surface area contributed by atoms with Crippen molar-refractivity contribution >= 4 is 65.1 Å². The summed E-state index contributed by atoms with van der Waals surface area (Å²) in [4.78, 5) is 3.96. The van der Waals surface area contributed by atoms with Gasteiger partial charge < -0.3 is 0 Å². The van der Waals surface area contributed by atoms with Gasteiger partial charge >= 0.3 is 0 Å². The van der Waals surface area contributed by atoms with Crippen molar-refractivity contribution in [2.75, 3.05) is 6.26 Å². The Hall–Kier alpha value is -0.240. The third-order valence-electron chi connectivity index (χ3n) is 1.50. The molecule has 6 heteroatoms. The summed E-state index contributed by atoms with van der Waals surface area (Å²) in [5.74, 6) is 0. The van der Waals surface area contributed by atoms with Crippen molar-refractivity contribution in [3.63, 3.8) is 0 Å². The van der Waals surface area contributed by atoms with Gasteiger partial charge in [-0.3, -0.25) is 4.98 Å². The number of aromatic nitrogens is 1. The van der Waals surface area contributed by atoms with Crippen molar-refractivity contribution < 1.29 is 0 Å². The Morgan fingerprint density at radius 1 is 1.00 bits per heavy atom. The highest BCUT2D eigenvalue weighted by Gasteiger charge is 2.05. The first-order valence-corrected chi connectivity index (χ1v) is 4.44. The molecule has 50 valence electrons. The molecule has 1 nitrogen and oxygen atoms in total. The Bertz CT molecular complexity index is 315. The van der Waals surface area contributed by atoms with Crippen LogP contribution in [0.4, 0.5) is 0 Å². The molecule has 0 aliphatic heterocycles. The lowest BCUT2D eigenvalue weighted by Gasteiger charge is -2.12. The van der Waals surface area contributed by atoms with Crippen LogP contribution in [0.15, 0.2) is 5.03 Å². The van der Waals surface area contributed by atoms with Crippen LogP contribution in [0.2, 0.25) is 0 Å². The van der Waals surface area contributed by atoms with E-state index in [0.29, 0.717) is 16.0 Å². The molecule has 12 heavy (non-hydrogen) atoms. The van der Waals surface area contributed by atoms with Crippen LogP contribution in [0.25, 0.3) is 0 Å². The topological polar surface area (TPSA) is 12.9 Å². The van der Waals surface area contributed by atoms with Crippen molar-refractivity contribution in [3.8, 4) is 0 Å². The van der Waals surface area contributed by atoms with Gasteiger partial charge in [0.2, 0.25) is 0 Å². The van der Waals surface area contributed by atoms with Crippen LogP contribution >= 0.6 is 11.8 Å². The van der Waals surface area contributed by atoms with Crippen LogP contribution < -0.4 is 22.0 Å². The van der Waals surface area contributed by atoms with Crippen molar-refractivity contribution in [2.45, 2.75) is 5.03 Å². The second-order valence-electron chi connectivity index (χ2n) is 2.25. The molecule has 8 radical (unpaired) electrons. The molecule has 1 aromatic heterocycles. The zero-order chi connectivity index (χ0) is 9.30. The summed E-state index contributed by atoms with van der Waals surface area (Å²) < 4.78 is 0. The maximum absolute atomic E-state index is 5.62. The normalized spacial score (nSPS) is 10.1. The van der Waals surface area contributed by atoms with Gasteiger partial charge in [0.05, 0.1) is 5.03 Å². The first-order chi connectivity index (χ1) is 5.57. The lowest BCUT2D eigenvalue weighted by atomic mass is 9.70. The molecule has 0 aliphatic rings. The van der Waals surface area contributed by atoms with Gasteiger partial charge in [-0.05, 0) is 11.8 Å². The van der Waals surface area contributed by atoms with E-state index in [2.05, 4.69) is 4.98 Å². The summed E-state index contributed by atoms with van der Waals surface area (Å²) in [7, 11) is 22.2. The van der Waals surface area contributed by atoms with Gasteiger partial charge in [-0.25, -0.2) is 0 Å². The van der Waals surface area contributed by atoms with E-state index in [0.717, 1.165) is 0 Å². The number of pyridine rings is 1. The number of hydrogen-bond acceptors (Lipinski definition) is 2. The first kappa shape index (κ1) is 9.84. The SMILES string of the molecule is [B]c1nc(SC)c([B])c([B])c1[B]. The van der Waals surface area contributed by atoms with E-state index in [1.54, 1.807) is 0 Å². The van der Waals surface area contributed by atoms with Gasteiger partial charge in [0.15, 0.2) is 0 Å². The van der Waals surface area contributed by atoms with E-state index < -0.39 is 0 Å². The maximum Gasteiger partial charge on any atom is 0.140 e. The number of rotatable bonds is 1. The van der Waals surface area contributed by atoms with Gasteiger partial charge in [0, 0.05) is 0 Å². The summed E-state index contributed by atoms with van der Waals surface area (Å²) >= 11 is 1.38. The number of hydrogen-bond donors (Lipinski definition) is 0. The minimum Gasteiger partial charge on any atom is -0.259 e. The van der Waals surface area contributed by atoms with E-state index >= 15 is 0 Å². The van der Waals surface area contributed by atoms with Crippen molar-refractivity contribution in [1.82, 2.24) is 4.98 Å². The Morgan fingerprint density at radius 3 is 2.08 bits per heavy atom. The maximum atomic E-state index is 5.62. The molecule has 1 rings (SSSR count). The van der Waals surface area contributed by atoms with E-state index in [4.69, 9.17) is 31.4 Å². The third-order valence-corrected chi connectivity index (χ3v) is 2.20. The molecule has 0 amide bonds. The summed E-state index contributed by atoms with van der Waals surface area (Å²) in [5, 5.41) is 0.610. The van der Waals surface area contributed by atoms with Crippen LogP contribution in [-0.4, -0.2) is 42.6 Å². The number of thioether (sulfide) groups is 1. The number of nitrogens with zero attached hydrogens (tertiary/aromatic N) is 1. The van der Waals surface area contributed by atoms with Gasteiger partial charge in [-0.15, -0.1) is 17.2 Å². The second kappa shape index (κ2) is 3.65.